The van der Waals surface area contributed by atoms with E-state index >= 15 is 0 Å². The highest BCUT2D eigenvalue weighted by Gasteiger charge is 2.19. The molecule has 114 valence electrons. The molecule has 0 radical (unpaired) electrons. The fraction of sp³-hybridized carbons (Fsp3) is 0.812. The lowest BCUT2D eigenvalue weighted by Gasteiger charge is -2.30. The Labute approximate surface area is 123 Å². The van der Waals surface area contributed by atoms with E-state index in [-0.39, 0.29) is 0 Å². The first kappa shape index (κ1) is 15.4. The zero-order valence-electron chi connectivity index (χ0n) is 13.4. The second kappa shape index (κ2) is 7.67. The molecule has 0 bridgehead atoms. The molecule has 0 spiro atoms. The van der Waals surface area contributed by atoms with Crippen LogP contribution in [0.25, 0.3) is 0 Å². The van der Waals surface area contributed by atoms with E-state index in [1.54, 1.807) is 0 Å². The summed E-state index contributed by atoms with van der Waals surface area (Å²) in [7, 11) is 0. The van der Waals surface area contributed by atoms with Gasteiger partial charge in [0.25, 0.3) is 0 Å². The van der Waals surface area contributed by atoms with Crippen LogP contribution in [0.4, 0.5) is 5.95 Å². The highest BCUT2D eigenvalue weighted by atomic mass is 15.3. The number of imidazole rings is 1. The number of aryl methyl sites for hydroxylation is 2. The smallest absolute Gasteiger partial charge is 0.205 e. The molecule has 0 unspecified atom stereocenters. The maximum atomic E-state index is 4.77. The number of nitrogens with zero attached hydrogens (tertiary/aromatic N) is 3. The van der Waals surface area contributed by atoms with Gasteiger partial charge in [0.1, 0.15) is 0 Å². The van der Waals surface area contributed by atoms with Crippen molar-refractivity contribution in [1.29, 1.82) is 0 Å². The maximum absolute atomic E-state index is 4.77. The van der Waals surface area contributed by atoms with Crippen molar-refractivity contribution < 1.29 is 0 Å². The molecule has 0 atom stereocenters. The van der Waals surface area contributed by atoms with Crippen LogP contribution >= 0.6 is 0 Å². The number of piperidine rings is 1. The van der Waals surface area contributed by atoms with Gasteiger partial charge in [-0.1, -0.05) is 13.3 Å². The molecule has 20 heavy (non-hydrogen) atoms. The summed E-state index contributed by atoms with van der Waals surface area (Å²) >= 11 is 0. The van der Waals surface area contributed by atoms with Crippen LogP contribution in [0.1, 0.15) is 45.2 Å². The number of unbranched alkanes of at least 4 members (excludes halogenated alkanes) is 1. The zero-order valence-corrected chi connectivity index (χ0v) is 13.4. The third-order valence-electron chi connectivity index (χ3n) is 4.23. The van der Waals surface area contributed by atoms with Gasteiger partial charge in [0.15, 0.2) is 0 Å². The van der Waals surface area contributed by atoms with Crippen LogP contribution in [0, 0.1) is 12.8 Å². The van der Waals surface area contributed by atoms with Crippen molar-refractivity contribution >= 4 is 5.95 Å². The number of nitrogens with one attached hydrogen (secondary N) is 1. The largest absolute Gasteiger partial charge is 0.342 e. The number of anilines is 1. The summed E-state index contributed by atoms with van der Waals surface area (Å²) in [5.74, 6) is 1.99. The third-order valence-corrected chi connectivity index (χ3v) is 4.23. The minimum absolute atomic E-state index is 0.813. The van der Waals surface area contributed by atoms with Crippen molar-refractivity contribution in [2.45, 2.75) is 53.0 Å². The van der Waals surface area contributed by atoms with Crippen LogP contribution in [-0.4, -0.2) is 35.7 Å². The maximum Gasteiger partial charge on any atom is 0.205 e. The molecule has 0 aromatic carbocycles. The number of rotatable bonds is 7. The lowest BCUT2D eigenvalue weighted by atomic mass is 9.98. The molecular formula is C16H30N4. The summed E-state index contributed by atoms with van der Waals surface area (Å²) < 4.78 is 2.35. The Kier molecular flexibility index (Phi) is 5.89. The van der Waals surface area contributed by atoms with Gasteiger partial charge in [-0.15, -0.1) is 0 Å². The van der Waals surface area contributed by atoms with Crippen molar-refractivity contribution in [3.05, 3.63) is 11.9 Å². The van der Waals surface area contributed by atoms with Gasteiger partial charge in [-0.3, -0.25) is 0 Å². The minimum atomic E-state index is 0.813. The molecule has 4 heteroatoms. The highest BCUT2D eigenvalue weighted by Crippen LogP contribution is 2.20. The van der Waals surface area contributed by atoms with Gasteiger partial charge in [0, 0.05) is 25.8 Å². The van der Waals surface area contributed by atoms with Gasteiger partial charge in [-0.2, -0.15) is 0 Å². The second-order valence-corrected chi connectivity index (χ2v) is 5.96. The van der Waals surface area contributed by atoms with E-state index in [4.69, 9.17) is 4.98 Å². The second-order valence-electron chi connectivity index (χ2n) is 5.96. The van der Waals surface area contributed by atoms with Crippen LogP contribution in [0.2, 0.25) is 0 Å². The average Bonchev–Trinajstić information content (AvgIpc) is 2.84. The van der Waals surface area contributed by atoms with Gasteiger partial charge in [-0.25, -0.2) is 4.98 Å². The molecule has 0 saturated carbocycles. The molecule has 1 aliphatic rings. The van der Waals surface area contributed by atoms with E-state index in [0.717, 1.165) is 31.2 Å². The summed E-state index contributed by atoms with van der Waals surface area (Å²) in [5, 5.41) is 3.45. The lowest BCUT2D eigenvalue weighted by molar-refractivity contribution is 0.372. The van der Waals surface area contributed by atoms with Crippen LogP contribution in [0.3, 0.4) is 0 Å². The van der Waals surface area contributed by atoms with E-state index in [9.17, 15) is 0 Å². The van der Waals surface area contributed by atoms with Gasteiger partial charge in [0.2, 0.25) is 5.95 Å². The Balaban J connectivity index is 2.05. The standard InChI is InChI=1S/C16H30N4/c1-4-6-11-20-12-14(3)18-16(20)19(5-2)13-15-7-9-17-10-8-15/h12,15,17H,4-11,13H2,1-3H3. The summed E-state index contributed by atoms with van der Waals surface area (Å²) in [6.45, 7) is 12.2. The Morgan fingerprint density at radius 2 is 2.10 bits per heavy atom. The molecule has 1 aliphatic heterocycles. The fourth-order valence-corrected chi connectivity index (χ4v) is 3.01. The number of hydrogen-bond acceptors (Lipinski definition) is 3. The number of hydrogen-bond donors (Lipinski definition) is 1. The van der Waals surface area contributed by atoms with Crippen molar-refractivity contribution in [1.82, 2.24) is 14.9 Å². The van der Waals surface area contributed by atoms with Crippen LogP contribution in [0.5, 0.6) is 0 Å². The van der Waals surface area contributed by atoms with E-state index in [1.807, 2.05) is 0 Å². The van der Waals surface area contributed by atoms with Crippen molar-refractivity contribution in [2.75, 3.05) is 31.1 Å². The fourth-order valence-electron chi connectivity index (χ4n) is 3.01. The molecule has 1 aromatic rings. The van der Waals surface area contributed by atoms with Crippen LogP contribution in [0.15, 0.2) is 6.20 Å². The lowest BCUT2D eigenvalue weighted by Crippen LogP contribution is -2.37. The number of aromatic nitrogens is 2. The van der Waals surface area contributed by atoms with E-state index < -0.39 is 0 Å². The molecular weight excluding hydrogens is 248 g/mol. The molecule has 1 aromatic heterocycles. The van der Waals surface area contributed by atoms with E-state index in [2.05, 4.69) is 41.8 Å². The summed E-state index contributed by atoms with van der Waals surface area (Å²) in [5.41, 5.74) is 1.14. The monoisotopic (exact) mass is 278 g/mol. The van der Waals surface area contributed by atoms with Crippen molar-refractivity contribution in [3.8, 4) is 0 Å². The first-order chi connectivity index (χ1) is 9.74. The molecule has 1 fully saturated rings. The molecule has 4 nitrogen and oxygen atoms in total. The summed E-state index contributed by atoms with van der Waals surface area (Å²) in [6.07, 6.45) is 7.26. The minimum Gasteiger partial charge on any atom is -0.342 e. The Bertz CT molecular complexity index is 393. The molecule has 0 aliphatic carbocycles. The Morgan fingerprint density at radius 1 is 1.35 bits per heavy atom. The zero-order chi connectivity index (χ0) is 14.4. The quantitative estimate of drug-likeness (QED) is 0.832. The predicted octanol–water partition coefficient (Wildman–Crippen LogP) is 2.82. The molecule has 1 N–H and O–H groups in total. The van der Waals surface area contributed by atoms with Crippen molar-refractivity contribution in [3.63, 3.8) is 0 Å². The summed E-state index contributed by atoms with van der Waals surface area (Å²) in [6, 6.07) is 0. The van der Waals surface area contributed by atoms with Gasteiger partial charge in [0.05, 0.1) is 5.69 Å². The predicted molar refractivity (Wildman–Crippen MR) is 85.4 cm³/mol. The van der Waals surface area contributed by atoms with E-state index in [1.165, 1.54) is 44.7 Å². The van der Waals surface area contributed by atoms with E-state index in [0.29, 0.717) is 0 Å². The van der Waals surface area contributed by atoms with Crippen LogP contribution < -0.4 is 10.2 Å². The van der Waals surface area contributed by atoms with Gasteiger partial charge in [-0.05, 0) is 52.1 Å². The third kappa shape index (κ3) is 3.98. The molecule has 2 heterocycles. The first-order valence-electron chi connectivity index (χ1n) is 8.24. The Hall–Kier alpha value is -1.03. The molecule has 0 amide bonds. The summed E-state index contributed by atoms with van der Waals surface area (Å²) in [4.78, 5) is 7.24. The van der Waals surface area contributed by atoms with Gasteiger partial charge >= 0.3 is 0 Å². The van der Waals surface area contributed by atoms with Crippen molar-refractivity contribution in [2.24, 2.45) is 5.92 Å². The normalized spacial score (nSPS) is 16.6. The Morgan fingerprint density at radius 3 is 2.75 bits per heavy atom. The highest BCUT2D eigenvalue weighted by molar-refractivity contribution is 5.33. The molecule has 2 rings (SSSR count). The SMILES string of the molecule is CCCCn1cc(C)nc1N(CC)CC1CCNCC1. The van der Waals surface area contributed by atoms with Crippen LogP contribution in [-0.2, 0) is 6.54 Å². The topological polar surface area (TPSA) is 33.1 Å². The van der Waals surface area contributed by atoms with Gasteiger partial charge < -0.3 is 14.8 Å². The first-order valence-corrected chi connectivity index (χ1v) is 8.24. The average molecular weight is 278 g/mol. The molecule has 1 saturated heterocycles.